The molecule has 1 aliphatic heterocycles. The minimum Gasteiger partial charge on any atom is -0.393 e. The molecule has 1 aliphatic carbocycles. The highest BCUT2D eigenvalue weighted by Crippen LogP contribution is 2.35. The third-order valence-electron chi connectivity index (χ3n) is 5.00. The second kappa shape index (κ2) is 5.92. The average Bonchev–Trinajstić information content (AvgIpc) is 2.63. The summed E-state index contributed by atoms with van der Waals surface area (Å²) in [6.07, 6.45) is 7.46. The highest BCUT2D eigenvalue weighted by atomic mass is 16.3. The molecule has 3 atom stereocenters. The summed E-state index contributed by atoms with van der Waals surface area (Å²) in [4.78, 5) is 2.59. The van der Waals surface area contributed by atoms with Gasteiger partial charge in [0, 0.05) is 13.1 Å². The van der Waals surface area contributed by atoms with E-state index in [1.54, 1.807) is 0 Å². The quantitative estimate of drug-likeness (QED) is 0.831. The molecule has 3 unspecified atom stereocenters. The average molecular weight is 253 g/mol. The minimum absolute atomic E-state index is 0.0400. The largest absolute Gasteiger partial charge is 0.393 e. The lowest BCUT2D eigenvalue weighted by Gasteiger charge is -2.36. The highest BCUT2D eigenvalue weighted by Gasteiger charge is 2.34. The zero-order valence-electron chi connectivity index (χ0n) is 12.5. The monoisotopic (exact) mass is 253 g/mol. The molecule has 0 radical (unpaired) electrons. The van der Waals surface area contributed by atoms with Crippen molar-refractivity contribution in [1.82, 2.24) is 4.90 Å². The molecule has 18 heavy (non-hydrogen) atoms. The normalized spacial score (nSPS) is 37.0. The predicted octanol–water partition coefficient (Wildman–Crippen LogP) is 3.30. The van der Waals surface area contributed by atoms with Crippen molar-refractivity contribution in [2.24, 2.45) is 17.3 Å². The smallest absolute Gasteiger partial charge is 0.0580 e. The van der Waals surface area contributed by atoms with Gasteiger partial charge >= 0.3 is 0 Å². The summed E-state index contributed by atoms with van der Waals surface area (Å²) in [5.74, 6) is 1.41. The molecule has 2 rings (SSSR count). The van der Waals surface area contributed by atoms with Gasteiger partial charge in [0.25, 0.3) is 0 Å². The fraction of sp³-hybridized carbons (Fsp3) is 1.00. The summed E-state index contributed by atoms with van der Waals surface area (Å²) in [6, 6.07) is 0. The van der Waals surface area contributed by atoms with Gasteiger partial charge in [-0.2, -0.15) is 0 Å². The standard InChI is InChI=1S/C16H31NO/c1-4-5-13-6-7-15(18)14(10-13)11-17-9-8-16(2,3)12-17/h13-15,18H,4-12H2,1-3H3. The minimum atomic E-state index is -0.0400. The molecule has 0 aromatic carbocycles. The fourth-order valence-corrected chi connectivity index (χ4v) is 3.92. The van der Waals surface area contributed by atoms with Gasteiger partial charge in [0.1, 0.15) is 0 Å². The molecule has 1 N–H and O–H groups in total. The number of nitrogens with zero attached hydrogens (tertiary/aromatic N) is 1. The number of aliphatic hydroxyl groups excluding tert-OH is 1. The molecule has 0 spiro atoms. The number of likely N-dealkylation sites (tertiary alicyclic amines) is 1. The van der Waals surface area contributed by atoms with Gasteiger partial charge in [-0.25, -0.2) is 0 Å². The van der Waals surface area contributed by atoms with Crippen LogP contribution in [0.25, 0.3) is 0 Å². The highest BCUT2D eigenvalue weighted by molar-refractivity contribution is 4.87. The van der Waals surface area contributed by atoms with Crippen LogP contribution in [0.2, 0.25) is 0 Å². The van der Waals surface area contributed by atoms with E-state index in [1.807, 2.05) is 0 Å². The molecule has 0 amide bonds. The molecule has 0 aromatic heterocycles. The second-order valence-corrected chi connectivity index (χ2v) is 7.44. The first-order valence-corrected chi connectivity index (χ1v) is 7.90. The van der Waals surface area contributed by atoms with Crippen molar-refractivity contribution in [2.75, 3.05) is 19.6 Å². The molecule has 1 saturated heterocycles. The molecule has 1 saturated carbocycles. The Hall–Kier alpha value is -0.0800. The van der Waals surface area contributed by atoms with E-state index >= 15 is 0 Å². The Labute approximate surface area is 113 Å². The van der Waals surface area contributed by atoms with Crippen molar-refractivity contribution in [3.05, 3.63) is 0 Å². The maximum Gasteiger partial charge on any atom is 0.0580 e. The van der Waals surface area contributed by atoms with E-state index in [2.05, 4.69) is 25.7 Å². The Kier molecular flexibility index (Phi) is 4.71. The molecule has 2 nitrogen and oxygen atoms in total. The fourth-order valence-electron chi connectivity index (χ4n) is 3.92. The lowest BCUT2D eigenvalue weighted by atomic mass is 9.77. The third kappa shape index (κ3) is 3.71. The molecule has 1 heterocycles. The maximum absolute atomic E-state index is 10.2. The Balaban J connectivity index is 1.83. The van der Waals surface area contributed by atoms with Crippen LogP contribution in [0.5, 0.6) is 0 Å². The van der Waals surface area contributed by atoms with Crippen molar-refractivity contribution in [3.8, 4) is 0 Å². The summed E-state index contributed by atoms with van der Waals surface area (Å²) < 4.78 is 0. The molecule has 2 heteroatoms. The maximum atomic E-state index is 10.2. The van der Waals surface area contributed by atoms with Crippen molar-refractivity contribution in [1.29, 1.82) is 0 Å². The van der Waals surface area contributed by atoms with Crippen molar-refractivity contribution >= 4 is 0 Å². The lowest BCUT2D eigenvalue weighted by Crippen LogP contribution is -2.38. The van der Waals surface area contributed by atoms with E-state index in [4.69, 9.17) is 0 Å². The van der Waals surface area contributed by atoms with Crippen LogP contribution < -0.4 is 0 Å². The van der Waals surface area contributed by atoms with E-state index in [9.17, 15) is 5.11 Å². The van der Waals surface area contributed by atoms with Gasteiger partial charge < -0.3 is 10.0 Å². The summed E-state index contributed by atoms with van der Waals surface area (Å²) in [5.41, 5.74) is 0.489. The van der Waals surface area contributed by atoms with Crippen LogP contribution in [0.4, 0.5) is 0 Å². The molecular weight excluding hydrogens is 222 g/mol. The van der Waals surface area contributed by atoms with E-state index in [-0.39, 0.29) is 6.10 Å². The van der Waals surface area contributed by atoms with Crippen LogP contribution in [0.1, 0.15) is 59.3 Å². The summed E-state index contributed by atoms with van der Waals surface area (Å²) in [5, 5.41) is 10.2. The van der Waals surface area contributed by atoms with Crippen molar-refractivity contribution < 1.29 is 5.11 Å². The van der Waals surface area contributed by atoms with Crippen molar-refractivity contribution in [3.63, 3.8) is 0 Å². The van der Waals surface area contributed by atoms with Gasteiger partial charge in [0.05, 0.1) is 6.10 Å². The van der Waals surface area contributed by atoms with Crippen LogP contribution in [-0.4, -0.2) is 35.7 Å². The first kappa shape index (κ1) is 14.3. The van der Waals surface area contributed by atoms with E-state index in [0.29, 0.717) is 11.3 Å². The van der Waals surface area contributed by atoms with Crippen LogP contribution in [-0.2, 0) is 0 Å². The van der Waals surface area contributed by atoms with Crippen molar-refractivity contribution in [2.45, 2.75) is 65.4 Å². The molecule has 0 aromatic rings. The van der Waals surface area contributed by atoms with Gasteiger partial charge in [0.2, 0.25) is 0 Å². The van der Waals surface area contributed by atoms with Gasteiger partial charge in [0.15, 0.2) is 0 Å². The zero-order chi connectivity index (χ0) is 13.2. The Morgan fingerprint density at radius 2 is 2.06 bits per heavy atom. The molecular formula is C16H31NO. The Bertz CT molecular complexity index is 264. The number of hydrogen-bond donors (Lipinski definition) is 1. The zero-order valence-corrected chi connectivity index (χ0v) is 12.5. The van der Waals surface area contributed by atoms with Crippen LogP contribution in [0.15, 0.2) is 0 Å². The predicted molar refractivity (Wildman–Crippen MR) is 76.6 cm³/mol. The summed E-state index contributed by atoms with van der Waals surface area (Å²) in [7, 11) is 0. The lowest BCUT2D eigenvalue weighted by molar-refractivity contribution is 0.0282. The third-order valence-corrected chi connectivity index (χ3v) is 5.00. The van der Waals surface area contributed by atoms with Gasteiger partial charge in [-0.3, -0.25) is 0 Å². The topological polar surface area (TPSA) is 23.5 Å². The SMILES string of the molecule is CCCC1CCC(O)C(CN2CCC(C)(C)C2)C1. The van der Waals surface area contributed by atoms with Crippen LogP contribution >= 0.6 is 0 Å². The first-order valence-electron chi connectivity index (χ1n) is 7.90. The first-order chi connectivity index (χ1) is 8.50. The van der Waals surface area contributed by atoms with Gasteiger partial charge in [-0.15, -0.1) is 0 Å². The number of hydrogen-bond acceptors (Lipinski definition) is 2. The molecule has 106 valence electrons. The van der Waals surface area contributed by atoms with Gasteiger partial charge in [-0.1, -0.05) is 33.6 Å². The summed E-state index contributed by atoms with van der Waals surface area (Å²) in [6.45, 7) is 10.6. The Morgan fingerprint density at radius 1 is 1.28 bits per heavy atom. The van der Waals surface area contributed by atoms with Gasteiger partial charge in [-0.05, 0) is 49.5 Å². The van der Waals surface area contributed by atoms with E-state index in [0.717, 1.165) is 18.9 Å². The molecule has 2 fully saturated rings. The number of rotatable bonds is 4. The van der Waals surface area contributed by atoms with Crippen LogP contribution in [0.3, 0.4) is 0 Å². The van der Waals surface area contributed by atoms with E-state index < -0.39 is 0 Å². The van der Waals surface area contributed by atoms with Crippen LogP contribution in [0, 0.1) is 17.3 Å². The molecule has 2 aliphatic rings. The number of aliphatic hydroxyl groups is 1. The molecule has 0 bridgehead atoms. The Morgan fingerprint density at radius 3 is 2.67 bits per heavy atom. The summed E-state index contributed by atoms with van der Waals surface area (Å²) >= 11 is 0. The van der Waals surface area contributed by atoms with E-state index in [1.165, 1.54) is 45.2 Å². The second-order valence-electron chi connectivity index (χ2n) is 7.44.